The van der Waals surface area contributed by atoms with Crippen LogP contribution in [0, 0.1) is 0 Å². The van der Waals surface area contributed by atoms with Gasteiger partial charge >= 0.3 is 0 Å². The molecule has 3 heterocycles. The van der Waals surface area contributed by atoms with E-state index in [1.54, 1.807) is 30.0 Å². The van der Waals surface area contributed by atoms with E-state index in [1.807, 2.05) is 24.4 Å². The van der Waals surface area contributed by atoms with E-state index in [2.05, 4.69) is 26.7 Å². The minimum absolute atomic E-state index is 0.116. The third-order valence-corrected chi connectivity index (χ3v) is 9.03. The fraction of sp³-hybridized carbons (Fsp3) is 0.435. The molecule has 1 fully saturated rings. The number of benzene rings is 1. The number of aliphatic hydroxyl groups is 1. The molecule has 1 N–H and O–H groups in total. The number of thioether (sulfide) groups is 1. The molecule has 1 aliphatic carbocycles. The van der Waals surface area contributed by atoms with Crippen LogP contribution in [0.15, 0.2) is 47.5 Å². The van der Waals surface area contributed by atoms with Crippen LogP contribution in [-0.2, 0) is 28.2 Å². The summed E-state index contributed by atoms with van der Waals surface area (Å²) in [5, 5.41) is 18.9. The van der Waals surface area contributed by atoms with Gasteiger partial charge in [0.15, 0.2) is 9.84 Å². The summed E-state index contributed by atoms with van der Waals surface area (Å²) >= 11 is 1.79. The molecule has 2 aromatic heterocycles. The highest BCUT2D eigenvalue weighted by Gasteiger charge is 2.51. The summed E-state index contributed by atoms with van der Waals surface area (Å²) in [7, 11) is -3.35. The Morgan fingerprint density at radius 3 is 2.59 bits per heavy atom. The van der Waals surface area contributed by atoms with Gasteiger partial charge in [-0.25, -0.2) is 8.42 Å². The van der Waals surface area contributed by atoms with Crippen LogP contribution in [0.3, 0.4) is 0 Å². The van der Waals surface area contributed by atoms with Gasteiger partial charge in [-0.15, -0.1) is 10.2 Å². The number of aromatic nitrogens is 4. The zero-order valence-corrected chi connectivity index (χ0v) is 19.8. The number of fused-ring (bicyclic) bond motifs is 1. The van der Waals surface area contributed by atoms with Gasteiger partial charge in [0.25, 0.3) is 0 Å². The monoisotopic (exact) mass is 470 g/mol. The highest BCUT2D eigenvalue weighted by molar-refractivity contribution is 8.00. The van der Waals surface area contributed by atoms with Gasteiger partial charge in [0.05, 0.1) is 22.6 Å². The largest absolute Gasteiger partial charge is 0.395 e. The number of hydrogen-bond donors (Lipinski definition) is 1. The van der Waals surface area contributed by atoms with Crippen molar-refractivity contribution in [2.75, 3.05) is 18.6 Å². The number of aliphatic hydroxyl groups excluding tert-OH is 1. The topological polar surface area (TPSA) is 98.0 Å². The van der Waals surface area contributed by atoms with Crippen LogP contribution in [0.5, 0.6) is 0 Å². The maximum absolute atomic E-state index is 12.2. The molecule has 0 spiro atoms. The third-order valence-electron chi connectivity index (χ3n) is 6.52. The normalized spacial score (nSPS) is 22.2. The molecule has 9 heteroatoms. The van der Waals surface area contributed by atoms with Crippen molar-refractivity contribution in [1.29, 1.82) is 0 Å². The minimum Gasteiger partial charge on any atom is -0.395 e. The van der Waals surface area contributed by atoms with Crippen molar-refractivity contribution in [3.8, 4) is 11.3 Å². The van der Waals surface area contributed by atoms with Crippen LogP contribution in [0.25, 0.3) is 11.3 Å². The van der Waals surface area contributed by atoms with E-state index in [4.69, 9.17) is 0 Å². The van der Waals surface area contributed by atoms with Crippen molar-refractivity contribution in [1.82, 2.24) is 19.7 Å². The Hall–Kier alpha value is -2.23. The number of rotatable bonds is 5. The molecule has 3 aromatic rings. The Labute approximate surface area is 192 Å². The second-order valence-corrected chi connectivity index (χ2v) is 12.7. The third kappa shape index (κ3) is 3.66. The summed E-state index contributed by atoms with van der Waals surface area (Å²) in [5.74, 6) is 2.81. The van der Waals surface area contributed by atoms with E-state index in [0.29, 0.717) is 17.7 Å². The first-order valence-electron chi connectivity index (χ1n) is 10.7. The summed E-state index contributed by atoms with van der Waals surface area (Å²) in [6.45, 7) is 3.02. The van der Waals surface area contributed by atoms with Crippen molar-refractivity contribution >= 4 is 21.6 Å². The summed E-state index contributed by atoms with van der Waals surface area (Å²) in [5.41, 5.74) is 2.14. The molecule has 1 atom stereocenters. The standard InChI is InChI=1S/C23H26N4O3S2/c1-22(15-28)13-20-25-26-21(27(20)11-12-31-22)23(9-10-23)16-7-8-18(24-14-16)17-5-3-4-6-19(17)32(2,29)30/h3-8,14,28H,9-13,15H2,1-2H3/t22-/m0/s1. The average Bonchev–Trinajstić information content (AvgIpc) is 3.53. The van der Waals surface area contributed by atoms with E-state index in [0.717, 1.165) is 42.4 Å². The first-order valence-corrected chi connectivity index (χ1v) is 13.6. The lowest BCUT2D eigenvalue weighted by Crippen LogP contribution is -2.28. The molecule has 1 aliphatic heterocycles. The maximum atomic E-state index is 12.2. The number of sulfone groups is 1. The Kier molecular flexibility index (Phi) is 5.18. The molecule has 0 unspecified atom stereocenters. The first kappa shape index (κ1) is 21.6. The molecule has 32 heavy (non-hydrogen) atoms. The lowest BCUT2D eigenvalue weighted by atomic mass is 9.95. The highest BCUT2D eigenvalue weighted by atomic mass is 32.2. The van der Waals surface area contributed by atoms with Gasteiger partial charge in [-0.3, -0.25) is 4.98 Å². The van der Waals surface area contributed by atoms with Crippen LogP contribution < -0.4 is 0 Å². The average molecular weight is 471 g/mol. The van der Waals surface area contributed by atoms with Crippen molar-refractivity contribution < 1.29 is 13.5 Å². The van der Waals surface area contributed by atoms with Crippen LogP contribution in [0.1, 0.15) is 37.0 Å². The summed E-state index contributed by atoms with van der Waals surface area (Å²) in [6.07, 6.45) is 5.73. The van der Waals surface area contributed by atoms with Crippen LogP contribution >= 0.6 is 11.8 Å². The Morgan fingerprint density at radius 2 is 1.94 bits per heavy atom. The fourth-order valence-corrected chi connectivity index (χ4v) is 6.52. The lowest BCUT2D eigenvalue weighted by Gasteiger charge is -2.23. The van der Waals surface area contributed by atoms with Crippen molar-refractivity contribution in [3.63, 3.8) is 0 Å². The quantitative estimate of drug-likeness (QED) is 0.612. The highest BCUT2D eigenvalue weighted by Crippen LogP contribution is 2.53. The van der Waals surface area contributed by atoms with E-state index >= 15 is 0 Å². The van der Waals surface area contributed by atoms with Crippen LogP contribution in [-0.4, -0.2) is 56.6 Å². The van der Waals surface area contributed by atoms with E-state index in [9.17, 15) is 13.5 Å². The molecule has 0 amide bonds. The minimum atomic E-state index is -3.35. The molecule has 0 saturated heterocycles. The van der Waals surface area contributed by atoms with Gasteiger partial charge in [0, 0.05) is 41.5 Å². The zero-order valence-electron chi connectivity index (χ0n) is 18.2. The maximum Gasteiger partial charge on any atom is 0.176 e. The summed E-state index contributed by atoms with van der Waals surface area (Å²) in [4.78, 5) is 4.93. The Balaban J connectivity index is 1.49. The molecule has 168 valence electrons. The second-order valence-electron chi connectivity index (χ2n) is 9.01. The SMILES string of the molecule is C[C@@]1(CO)Cc2nnc(C3(c4ccc(-c5ccccc5S(C)(=O)=O)nc4)CC3)n2CCS1. The van der Waals surface area contributed by atoms with E-state index in [-0.39, 0.29) is 21.7 Å². The first-order chi connectivity index (χ1) is 15.3. The Morgan fingerprint density at radius 1 is 1.16 bits per heavy atom. The smallest absolute Gasteiger partial charge is 0.176 e. The van der Waals surface area contributed by atoms with Crippen molar-refractivity contribution in [2.45, 2.75) is 47.8 Å². The molecule has 1 saturated carbocycles. The van der Waals surface area contributed by atoms with Gasteiger partial charge in [-0.2, -0.15) is 11.8 Å². The zero-order chi connectivity index (χ0) is 22.6. The van der Waals surface area contributed by atoms with Gasteiger partial charge in [0.2, 0.25) is 0 Å². The predicted molar refractivity (Wildman–Crippen MR) is 124 cm³/mol. The summed E-state index contributed by atoms with van der Waals surface area (Å²) < 4.78 is 26.4. The van der Waals surface area contributed by atoms with E-state index in [1.165, 1.54) is 6.26 Å². The molecular weight excluding hydrogens is 444 g/mol. The molecule has 7 nitrogen and oxygen atoms in total. The van der Waals surface area contributed by atoms with Crippen molar-refractivity contribution in [3.05, 3.63) is 59.8 Å². The van der Waals surface area contributed by atoms with Gasteiger partial charge in [-0.1, -0.05) is 24.3 Å². The second kappa shape index (κ2) is 7.67. The summed E-state index contributed by atoms with van der Waals surface area (Å²) in [6, 6.07) is 10.9. The van der Waals surface area contributed by atoms with Crippen molar-refractivity contribution in [2.24, 2.45) is 0 Å². The number of nitrogens with zero attached hydrogens (tertiary/aromatic N) is 4. The molecular formula is C23H26N4O3S2. The van der Waals surface area contributed by atoms with Crippen LogP contribution in [0.2, 0.25) is 0 Å². The molecule has 0 bridgehead atoms. The molecule has 1 aromatic carbocycles. The van der Waals surface area contributed by atoms with Crippen LogP contribution in [0.4, 0.5) is 0 Å². The van der Waals surface area contributed by atoms with Gasteiger partial charge < -0.3 is 9.67 Å². The van der Waals surface area contributed by atoms with Gasteiger partial charge in [-0.05, 0) is 37.5 Å². The molecule has 0 radical (unpaired) electrons. The lowest BCUT2D eigenvalue weighted by molar-refractivity contribution is 0.254. The fourth-order valence-electron chi connectivity index (χ4n) is 4.53. The predicted octanol–water partition coefficient (Wildman–Crippen LogP) is 2.86. The number of hydrogen-bond acceptors (Lipinski definition) is 7. The van der Waals surface area contributed by atoms with Gasteiger partial charge in [0.1, 0.15) is 11.6 Å². The molecule has 5 rings (SSSR count). The van der Waals surface area contributed by atoms with E-state index < -0.39 is 9.84 Å². The number of pyridine rings is 1. The Bertz CT molecular complexity index is 1270. The molecule has 2 aliphatic rings.